The minimum Gasteiger partial charge on any atom is -0.392 e. The largest absolute Gasteiger partial charge is 0.392 e. The first kappa shape index (κ1) is 16.9. The Morgan fingerprint density at radius 2 is 1.96 bits per heavy atom. The average molecular weight is 337 g/mol. The van der Waals surface area contributed by atoms with Crippen molar-refractivity contribution in [3.8, 4) is 0 Å². The van der Waals surface area contributed by atoms with E-state index >= 15 is 0 Å². The first-order valence-electron chi connectivity index (χ1n) is 8.79. The Balaban J connectivity index is 1.58. The molecule has 128 valence electrons. The van der Waals surface area contributed by atoms with E-state index in [1.807, 2.05) is 4.90 Å². The third-order valence-corrected chi connectivity index (χ3v) is 6.25. The second-order valence-electron chi connectivity index (χ2n) is 8.03. The maximum absolute atomic E-state index is 12.5. The normalized spacial score (nSPS) is 26.7. The van der Waals surface area contributed by atoms with Gasteiger partial charge in [0.25, 0.3) is 0 Å². The van der Waals surface area contributed by atoms with Crippen molar-refractivity contribution < 1.29 is 9.90 Å². The Labute approximate surface area is 142 Å². The van der Waals surface area contributed by atoms with Gasteiger partial charge in [0.1, 0.15) is 0 Å². The first-order valence-corrected chi connectivity index (χ1v) is 9.67. The van der Waals surface area contributed by atoms with Gasteiger partial charge in [-0.1, -0.05) is 20.8 Å². The van der Waals surface area contributed by atoms with Gasteiger partial charge in [-0.3, -0.25) is 4.79 Å². The highest BCUT2D eigenvalue weighted by molar-refractivity contribution is 7.09. The smallest absolute Gasteiger partial charge is 0.228 e. The van der Waals surface area contributed by atoms with Gasteiger partial charge in [0.15, 0.2) is 0 Å². The van der Waals surface area contributed by atoms with Crippen LogP contribution in [0.5, 0.6) is 0 Å². The lowest BCUT2D eigenvalue weighted by atomic mass is 9.92. The molecule has 1 aliphatic heterocycles. The summed E-state index contributed by atoms with van der Waals surface area (Å²) in [6.07, 6.45) is 4.16. The van der Waals surface area contributed by atoms with Crippen molar-refractivity contribution in [2.45, 2.75) is 70.3 Å². The van der Waals surface area contributed by atoms with Gasteiger partial charge >= 0.3 is 0 Å². The van der Waals surface area contributed by atoms with Crippen LogP contribution >= 0.6 is 11.3 Å². The van der Waals surface area contributed by atoms with E-state index in [1.54, 1.807) is 11.3 Å². The van der Waals surface area contributed by atoms with Crippen LogP contribution in [0.2, 0.25) is 0 Å². The summed E-state index contributed by atoms with van der Waals surface area (Å²) in [6.45, 7) is 8.19. The number of thiazole rings is 1. The predicted molar refractivity (Wildman–Crippen MR) is 92.7 cm³/mol. The number of likely N-dealkylation sites (tertiary alicyclic amines) is 1. The van der Waals surface area contributed by atoms with Gasteiger partial charge in [-0.2, -0.15) is 0 Å². The van der Waals surface area contributed by atoms with E-state index in [9.17, 15) is 9.90 Å². The molecule has 2 aliphatic rings. The molecule has 0 bridgehead atoms. The standard InChI is InChI=1S/C18H28N2O2S/c1-18(2,3)15-11-23-16(19-15)12-7-9-20(10-8-12)17(22)13-5-4-6-14(13)21/h11-14,21H,4-10H2,1-3H3. The molecule has 2 unspecified atom stereocenters. The number of aromatic nitrogens is 1. The number of carbonyl (C=O) groups excluding carboxylic acids is 1. The summed E-state index contributed by atoms with van der Waals surface area (Å²) in [5, 5.41) is 13.4. The monoisotopic (exact) mass is 336 g/mol. The lowest BCUT2D eigenvalue weighted by Gasteiger charge is -2.33. The SMILES string of the molecule is CC(C)(C)c1csc(C2CCN(C(=O)C3CCCC3O)CC2)n1. The van der Waals surface area contributed by atoms with Gasteiger partial charge in [-0.25, -0.2) is 4.98 Å². The highest BCUT2D eigenvalue weighted by Crippen LogP contribution is 2.34. The zero-order chi connectivity index (χ0) is 16.6. The molecule has 1 saturated carbocycles. The maximum atomic E-state index is 12.5. The molecule has 2 atom stereocenters. The summed E-state index contributed by atoms with van der Waals surface area (Å²) in [6, 6.07) is 0. The van der Waals surface area contributed by atoms with Crippen LogP contribution in [0.15, 0.2) is 5.38 Å². The second-order valence-corrected chi connectivity index (χ2v) is 8.91. The minimum atomic E-state index is -0.423. The fourth-order valence-corrected chi connectivity index (χ4v) is 4.85. The Morgan fingerprint density at radius 1 is 1.26 bits per heavy atom. The number of carbonyl (C=O) groups is 1. The van der Waals surface area contributed by atoms with Crippen molar-refractivity contribution in [2.24, 2.45) is 5.92 Å². The second kappa shape index (κ2) is 6.52. The van der Waals surface area contributed by atoms with Crippen molar-refractivity contribution in [1.82, 2.24) is 9.88 Å². The molecule has 1 aliphatic carbocycles. The van der Waals surface area contributed by atoms with Crippen LogP contribution in [0.4, 0.5) is 0 Å². The number of hydrogen-bond donors (Lipinski definition) is 1. The van der Waals surface area contributed by atoms with Crippen molar-refractivity contribution >= 4 is 17.2 Å². The molecule has 5 heteroatoms. The Bertz CT molecular complexity index is 556. The molecule has 23 heavy (non-hydrogen) atoms. The fraction of sp³-hybridized carbons (Fsp3) is 0.778. The molecule has 1 saturated heterocycles. The zero-order valence-electron chi connectivity index (χ0n) is 14.4. The third kappa shape index (κ3) is 3.61. The summed E-state index contributed by atoms with van der Waals surface area (Å²) in [5.41, 5.74) is 1.27. The van der Waals surface area contributed by atoms with Gasteiger partial charge in [0, 0.05) is 29.8 Å². The van der Waals surface area contributed by atoms with Gasteiger partial charge in [-0.05, 0) is 32.1 Å². The maximum Gasteiger partial charge on any atom is 0.228 e. The number of nitrogens with zero attached hydrogens (tertiary/aromatic N) is 2. The molecule has 1 aromatic heterocycles. The lowest BCUT2D eigenvalue weighted by Crippen LogP contribution is -2.43. The van der Waals surface area contributed by atoms with E-state index in [0.29, 0.717) is 5.92 Å². The molecule has 3 rings (SSSR count). The van der Waals surface area contributed by atoms with Crippen molar-refractivity contribution in [3.63, 3.8) is 0 Å². The number of hydrogen-bond acceptors (Lipinski definition) is 4. The highest BCUT2D eigenvalue weighted by Gasteiger charge is 2.36. The van der Waals surface area contributed by atoms with Crippen LogP contribution in [0.1, 0.15) is 69.5 Å². The fourth-order valence-electron chi connectivity index (χ4n) is 3.63. The Morgan fingerprint density at radius 3 is 2.48 bits per heavy atom. The lowest BCUT2D eigenvalue weighted by molar-refractivity contribution is -0.139. The van der Waals surface area contributed by atoms with Gasteiger partial charge < -0.3 is 10.0 Å². The molecule has 1 N–H and O–H groups in total. The highest BCUT2D eigenvalue weighted by atomic mass is 32.1. The van der Waals surface area contributed by atoms with Gasteiger partial charge in [-0.15, -0.1) is 11.3 Å². The van der Waals surface area contributed by atoms with E-state index in [0.717, 1.165) is 45.2 Å². The molecule has 2 fully saturated rings. The molecule has 0 radical (unpaired) electrons. The quantitative estimate of drug-likeness (QED) is 0.901. The van der Waals surface area contributed by atoms with E-state index in [2.05, 4.69) is 26.2 Å². The molecule has 2 heterocycles. The number of aliphatic hydroxyl groups is 1. The zero-order valence-corrected chi connectivity index (χ0v) is 15.2. The molecular formula is C18H28N2O2S. The van der Waals surface area contributed by atoms with Crippen LogP contribution in [0.25, 0.3) is 0 Å². The van der Waals surface area contributed by atoms with Crippen molar-refractivity contribution in [2.75, 3.05) is 13.1 Å². The van der Waals surface area contributed by atoms with Gasteiger partial charge in [0.2, 0.25) is 5.91 Å². The number of piperidine rings is 1. The van der Waals surface area contributed by atoms with Gasteiger partial charge in [0.05, 0.1) is 22.7 Å². The number of amides is 1. The number of aliphatic hydroxyl groups excluding tert-OH is 1. The topological polar surface area (TPSA) is 53.4 Å². The molecule has 0 aromatic carbocycles. The van der Waals surface area contributed by atoms with E-state index in [1.165, 1.54) is 10.7 Å². The van der Waals surface area contributed by atoms with Crippen LogP contribution in [0, 0.1) is 5.92 Å². The van der Waals surface area contributed by atoms with E-state index < -0.39 is 6.10 Å². The predicted octanol–water partition coefficient (Wildman–Crippen LogP) is 3.31. The Kier molecular flexibility index (Phi) is 4.79. The first-order chi connectivity index (χ1) is 10.9. The summed E-state index contributed by atoms with van der Waals surface area (Å²) in [7, 11) is 0. The Hall–Kier alpha value is -0.940. The van der Waals surface area contributed by atoms with Crippen LogP contribution < -0.4 is 0 Å². The summed E-state index contributed by atoms with van der Waals surface area (Å²) < 4.78 is 0. The molecule has 0 spiro atoms. The summed E-state index contributed by atoms with van der Waals surface area (Å²) >= 11 is 1.76. The molecular weight excluding hydrogens is 308 g/mol. The third-order valence-electron chi connectivity index (χ3n) is 5.24. The van der Waals surface area contributed by atoms with E-state index in [-0.39, 0.29) is 17.2 Å². The van der Waals surface area contributed by atoms with Crippen LogP contribution in [-0.2, 0) is 10.2 Å². The van der Waals surface area contributed by atoms with Crippen molar-refractivity contribution in [3.05, 3.63) is 16.1 Å². The van der Waals surface area contributed by atoms with Crippen LogP contribution in [-0.4, -0.2) is 40.1 Å². The summed E-state index contributed by atoms with van der Waals surface area (Å²) in [5.74, 6) is 0.496. The van der Waals surface area contributed by atoms with Crippen molar-refractivity contribution in [1.29, 1.82) is 0 Å². The van der Waals surface area contributed by atoms with Crippen LogP contribution in [0.3, 0.4) is 0 Å². The van der Waals surface area contributed by atoms with E-state index in [4.69, 9.17) is 4.98 Å². The molecule has 1 aromatic rings. The molecule has 1 amide bonds. The minimum absolute atomic E-state index is 0.101. The number of rotatable bonds is 2. The average Bonchev–Trinajstić information content (AvgIpc) is 3.15. The summed E-state index contributed by atoms with van der Waals surface area (Å²) in [4.78, 5) is 19.3. The molecule has 4 nitrogen and oxygen atoms in total.